The molecule has 0 aromatic heterocycles. The van der Waals surface area contributed by atoms with Crippen LogP contribution >= 0.6 is 0 Å². The zero-order valence-corrected chi connectivity index (χ0v) is 18.2. The van der Waals surface area contributed by atoms with Gasteiger partial charge >= 0.3 is 5.97 Å². The Hall–Kier alpha value is -3.15. The fraction of sp³-hybridized carbons (Fsp3) is 0.400. The Kier molecular flexibility index (Phi) is 7.82. The first-order valence-electron chi connectivity index (χ1n) is 10.9. The van der Waals surface area contributed by atoms with Gasteiger partial charge in [0.05, 0.1) is 5.92 Å². The second kappa shape index (κ2) is 10.8. The highest BCUT2D eigenvalue weighted by atomic mass is 16.5. The van der Waals surface area contributed by atoms with Crippen molar-refractivity contribution in [2.75, 3.05) is 24.6 Å². The maximum absolute atomic E-state index is 12.6. The molecule has 1 N–H and O–H groups in total. The van der Waals surface area contributed by atoms with Gasteiger partial charge in [-0.2, -0.15) is 0 Å². The number of benzene rings is 2. The largest absolute Gasteiger partial charge is 0.455 e. The topological polar surface area (TPSA) is 75.7 Å². The van der Waals surface area contributed by atoms with Crippen LogP contribution in [0.4, 0.5) is 5.69 Å². The van der Waals surface area contributed by atoms with Gasteiger partial charge in [0.15, 0.2) is 6.61 Å². The van der Waals surface area contributed by atoms with Gasteiger partial charge in [0.2, 0.25) is 5.91 Å². The Morgan fingerprint density at radius 1 is 1.13 bits per heavy atom. The summed E-state index contributed by atoms with van der Waals surface area (Å²) in [6.07, 6.45) is 1.77. The molecular weight excluding hydrogens is 392 g/mol. The third-order valence-corrected chi connectivity index (χ3v) is 5.75. The number of para-hydroxylation sites is 1. The molecule has 0 unspecified atom stereocenters. The molecule has 3 rings (SSSR count). The molecule has 0 bridgehead atoms. The zero-order valence-electron chi connectivity index (χ0n) is 18.2. The zero-order chi connectivity index (χ0) is 22.2. The van der Waals surface area contributed by atoms with E-state index in [2.05, 4.69) is 19.2 Å². The first kappa shape index (κ1) is 22.5. The van der Waals surface area contributed by atoms with Crippen LogP contribution < -0.4 is 10.2 Å². The van der Waals surface area contributed by atoms with Gasteiger partial charge in [-0.3, -0.25) is 14.4 Å². The molecule has 1 saturated heterocycles. The fourth-order valence-electron chi connectivity index (χ4n) is 3.76. The number of hydrogen-bond donors (Lipinski definition) is 1. The molecule has 2 aromatic carbocycles. The molecule has 1 aliphatic rings. The summed E-state index contributed by atoms with van der Waals surface area (Å²) in [5.74, 6) is -1.18. The summed E-state index contributed by atoms with van der Waals surface area (Å²) in [4.78, 5) is 38.7. The van der Waals surface area contributed by atoms with E-state index in [-0.39, 0.29) is 31.4 Å². The van der Waals surface area contributed by atoms with Gasteiger partial charge in [-0.25, -0.2) is 0 Å². The number of nitrogens with one attached hydrogen (secondary N) is 1. The van der Waals surface area contributed by atoms with E-state index in [1.807, 2.05) is 54.6 Å². The standard InChI is InChI=1S/C25H30N2O4/c1-3-18(2)21-11-7-8-12-22(21)27-16-20(15-24(27)29)25(30)31-17-23(28)26-14-13-19-9-5-4-6-10-19/h4-12,18,20H,3,13-17H2,1-2H3,(H,26,28)/t18-,20-/m0/s1. The van der Waals surface area contributed by atoms with E-state index >= 15 is 0 Å². The molecule has 31 heavy (non-hydrogen) atoms. The van der Waals surface area contributed by atoms with Crippen molar-refractivity contribution in [3.63, 3.8) is 0 Å². The van der Waals surface area contributed by atoms with E-state index < -0.39 is 11.9 Å². The van der Waals surface area contributed by atoms with Crippen LogP contribution in [0.15, 0.2) is 54.6 Å². The average Bonchev–Trinajstić information content (AvgIpc) is 3.19. The van der Waals surface area contributed by atoms with Gasteiger partial charge in [-0.05, 0) is 36.0 Å². The van der Waals surface area contributed by atoms with Crippen LogP contribution in [0.5, 0.6) is 0 Å². The summed E-state index contributed by atoms with van der Waals surface area (Å²) in [6, 6.07) is 17.7. The van der Waals surface area contributed by atoms with E-state index in [1.165, 1.54) is 0 Å². The number of anilines is 1. The first-order chi connectivity index (χ1) is 15.0. The van der Waals surface area contributed by atoms with Crippen LogP contribution in [-0.2, 0) is 25.5 Å². The van der Waals surface area contributed by atoms with Gasteiger partial charge < -0.3 is 15.0 Å². The maximum Gasteiger partial charge on any atom is 0.311 e. The molecule has 0 radical (unpaired) electrons. The number of carbonyl (C=O) groups excluding carboxylic acids is 3. The highest BCUT2D eigenvalue weighted by Gasteiger charge is 2.37. The number of hydrogen-bond acceptors (Lipinski definition) is 4. The van der Waals surface area contributed by atoms with E-state index in [1.54, 1.807) is 4.90 Å². The van der Waals surface area contributed by atoms with Gasteiger partial charge in [-0.15, -0.1) is 0 Å². The lowest BCUT2D eigenvalue weighted by Gasteiger charge is -2.23. The molecule has 6 nitrogen and oxygen atoms in total. The van der Waals surface area contributed by atoms with E-state index in [0.29, 0.717) is 18.9 Å². The Balaban J connectivity index is 1.49. The van der Waals surface area contributed by atoms with Gasteiger partial charge in [0, 0.05) is 25.2 Å². The lowest BCUT2D eigenvalue weighted by atomic mass is 9.96. The van der Waals surface area contributed by atoms with Crippen molar-refractivity contribution in [2.24, 2.45) is 5.92 Å². The first-order valence-corrected chi connectivity index (χ1v) is 10.9. The fourth-order valence-corrected chi connectivity index (χ4v) is 3.76. The Morgan fingerprint density at radius 3 is 2.58 bits per heavy atom. The van der Waals surface area contributed by atoms with Crippen molar-refractivity contribution in [3.05, 3.63) is 65.7 Å². The van der Waals surface area contributed by atoms with Gasteiger partial charge in [-0.1, -0.05) is 62.4 Å². The minimum atomic E-state index is -0.561. The molecule has 164 valence electrons. The number of amides is 2. The second-order valence-electron chi connectivity index (χ2n) is 7.97. The van der Waals surface area contributed by atoms with Crippen molar-refractivity contribution < 1.29 is 19.1 Å². The molecule has 0 saturated carbocycles. The normalized spacial score (nSPS) is 16.8. The van der Waals surface area contributed by atoms with Crippen molar-refractivity contribution in [3.8, 4) is 0 Å². The molecule has 2 amide bonds. The summed E-state index contributed by atoms with van der Waals surface area (Å²) in [5, 5.41) is 2.75. The number of esters is 1. The highest BCUT2D eigenvalue weighted by Crippen LogP contribution is 2.33. The van der Waals surface area contributed by atoms with Crippen LogP contribution in [0.1, 0.15) is 43.7 Å². The molecule has 1 aliphatic heterocycles. The van der Waals surface area contributed by atoms with Gasteiger partial charge in [0.1, 0.15) is 0 Å². The number of carbonyl (C=O) groups is 3. The Morgan fingerprint density at radius 2 is 1.84 bits per heavy atom. The third-order valence-electron chi connectivity index (χ3n) is 5.75. The van der Waals surface area contributed by atoms with Crippen molar-refractivity contribution in [1.29, 1.82) is 0 Å². The molecule has 2 atom stereocenters. The van der Waals surface area contributed by atoms with E-state index in [9.17, 15) is 14.4 Å². The van der Waals surface area contributed by atoms with Gasteiger partial charge in [0.25, 0.3) is 5.91 Å². The van der Waals surface area contributed by atoms with E-state index in [4.69, 9.17) is 4.74 Å². The van der Waals surface area contributed by atoms with E-state index in [0.717, 1.165) is 23.2 Å². The monoisotopic (exact) mass is 422 g/mol. The summed E-state index contributed by atoms with van der Waals surface area (Å²) >= 11 is 0. The number of ether oxygens (including phenoxy) is 1. The predicted octanol–water partition coefficient (Wildman–Crippen LogP) is 3.46. The molecule has 0 aliphatic carbocycles. The molecule has 6 heteroatoms. The maximum atomic E-state index is 12.6. The molecular formula is C25H30N2O4. The van der Waals surface area contributed by atoms with Crippen molar-refractivity contribution in [2.45, 2.75) is 39.0 Å². The van der Waals surface area contributed by atoms with Crippen molar-refractivity contribution >= 4 is 23.5 Å². The minimum absolute atomic E-state index is 0.0926. The minimum Gasteiger partial charge on any atom is -0.455 e. The van der Waals surface area contributed by atoms with Crippen LogP contribution in [0, 0.1) is 5.92 Å². The second-order valence-corrected chi connectivity index (χ2v) is 7.97. The Labute approximate surface area is 183 Å². The quantitative estimate of drug-likeness (QED) is 0.628. The Bertz CT molecular complexity index is 913. The summed E-state index contributed by atoms with van der Waals surface area (Å²) in [6.45, 7) is 4.66. The molecule has 1 fully saturated rings. The van der Waals surface area contributed by atoms with Crippen LogP contribution in [0.25, 0.3) is 0 Å². The van der Waals surface area contributed by atoms with Crippen LogP contribution in [0.2, 0.25) is 0 Å². The third kappa shape index (κ3) is 5.94. The summed E-state index contributed by atoms with van der Waals surface area (Å²) < 4.78 is 5.19. The van der Waals surface area contributed by atoms with Crippen molar-refractivity contribution in [1.82, 2.24) is 5.32 Å². The average molecular weight is 423 g/mol. The van der Waals surface area contributed by atoms with Crippen LogP contribution in [0.3, 0.4) is 0 Å². The smallest absolute Gasteiger partial charge is 0.311 e. The SMILES string of the molecule is CC[C@H](C)c1ccccc1N1C[C@@H](C(=O)OCC(=O)NCCc2ccccc2)CC1=O. The molecule has 1 heterocycles. The lowest BCUT2D eigenvalue weighted by molar-refractivity contribution is -0.152. The number of nitrogens with zero attached hydrogens (tertiary/aromatic N) is 1. The summed E-state index contributed by atoms with van der Waals surface area (Å²) in [7, 11) is 0. The predicted molar refractivity (Wildman–Crippen MR) is 120 cm³/mol. The molecule has 0 spiro atoms. The molecule has 2 aromatic rings. The lowest BCUT2D eigenvalue weighted by Crippen LogP contribution is -2.32. The number of rotatable bonds is 9. The van der Waals surface area contributed by atoms with Crippen LogP contribution in [-0.4, -0.2) is 37.5 Å². The summed E-state index contributed by atoms with van der Waals surface area (Å²) in [5.41, 5.74) is 3.09. The highest BCUT2D eigenvalue weighted by molar-refractivity contribution is 6.00.